The number of piperidine rings is 1. The molecule has 18 heavy (non-hydrogen) atoms. The summed E-state index contributed by atoms with van der Waals surface area (Å²) in [5, 5.41) is -0.0236. The molecule has 2 N–H and O–H groups in total. The van der Waals surface area contributed by atoms with E-state index in [-0.39, 0.29) is 34.9 Å². The number of halogens is 3. The Hall–Kier alpha value is -0.840. The standard InChI is InChI=1S/C12H14ClFN2O.ClH/c13-10-3-1-2-9(11(10)14)12(17)16-6-4-8(15)5-7-16;/h1-3,8H,4-7,15H2;1H. The lowest BCUT2D eigenvalue weighted by atomic mass is 10.0. The van der Waals surface area contributed by atoms with Crippen LogP contribution in [0, 0.1) is 5.82 Å². The van der Waals surface area contributed by atoms with E-state index in [0.717, 1.165) is 12.8 Å². The smallest absolute Gasteiger partial charge is 0.256 e. The summed E-state index contributed by atoms with van der Waals surface area (Å²) in [6.07, 6.45) is 1.52. The second-order valence-electron chi connectivity index (χ2n) is 4.23. The zero-order valence-corrected chi connectivity index (χ0v) is 11.3. The zero-order valence-electron chi connectivity index (χ0n) is 9.73. The second-order valence-corrected chi connectivity index (χ2v) is 4.64. The molecule has 0 spiro atoms. The molecule has 3 nitrogen and oxygen atoms in total. The fourth-order valence-electron chi connectivity index (χ4n) is 1.94. The van der Waals surface area contributed by atoms with Crippen molar-refractivity contribution in [1.82, 2.24) is 4.90 Å². The third-order valence-corrected chi connectivity index (χ3v) is 3.30. The maximum Gasteiger partial charge on any atom is 0.256 e. The van der Waals surface area contributed by atoms with Gasteiger partial charge in [0.2, 0.25) is 0 Å². The van der Waals surface area contributed by atoms with Gasteiger partial charge in [-0.2, -0.15) is 0 Å². The van der Waals surface area contributed by atoms with Crippen LogP contribution in [0.3, 0.4) is 0 Å². The highest BCUT2D eigenvalue weighted by Gasteiger charge is 2.24. The minimum atomic E-state index is -0.644. The first kappa shape index (κ1) is 15.2. The minimum absolute atomic E-state index is 0. The topological polar surface area (TPSA) is 46.3 Å². The largest absolute Gasteiger partial charge is 0.338 e. The van der Waals surface area contributed by atoms with Gasteiger partial charge in [-0.25, -0.2) is 4.39 Å². The number of carbonyl (C=O) groups excluding carboxylic acids is 1. The van der Waals surface area contributed by atoms with Gasteiger partial charge in [0.15, 0.2) is 5.82 Å². The van der Waals surface area contributed by atoms with Gasteiger partial charge in [0.25, 0.3) is 5.91 Å². The lowest BCUT2D eigenvalue weighted by Gasteiger charge is -2.30. The van der Waals surface area contributed by atoms with E-state index in [4.69, 9.17) is 17.3 Å². The van der Waals surface area contributed by atoms with Crippen LogP contribution in [0.4, 0.5) is 4.39 Å². The van der Waals surface area contributed by atoms with Gasteiger partial charge in [-0.05, 0) is 25.0 Å². The van der Waals surface area contributed by atoms with Crippen molar-refractivity contribution in [1.29, 1.82) is 0 Å². The van der Waals surface area contributed by atoms with Crippen LogP contribution in [0.15, 0.2) is 18.2 Å². The van der Waals surface area contributed by atoms with Crippen LogP contribution in [0.5, 0.6) is 0 Å². The number of benzene rings is 1. The van der Waals surface area contributed by atoms with E-state index in [9.17, 15) is 9.18 Å². The molecule has 6 heteroatoms. The van der Waals surface area contributed by atoms with Crippen molar-refractivity contribution in [2.75, 3.05) is 13.1 Å². The molecule has 1 aromatic rings. The van der Waals surface area contributed by atoms with Gasteiger partial charge in [-0.15, -0.1) is 12.4 Å². The molecule has 2 rings (SSSR count). The van der Waals surface area contributed by atoms with E-state index in [1.807, 2.05) is 0 Å². The number of nitrogens with two attached hydrogens (primary N) is 1. The molecule has 0 bridgehead atoms. The SMILES string of the molecule is Cl.NC1CCN(C(=O)c2cccc(Cl)c2F)CC1. The predicted molar refractivity (Wildman–Crippen MR) is 71.8 cm³/mol. The first-order valence-corrected chi connectivity index (χ1v) is 5.96. The summed E-state index contributed by atoms with van der Waals surface area (Å²) >= 11 is 5.65. The van der Waals surface area contributed by atoms with Crippen LogP contribution < -0.4 is 5.73 Å². The Labute approximate surface area is 116 Å². The molecule has 0 aromatic heterocycles. The van der Waals surface area contributed by atoms with Gasteiger partial charge in [0.1, 0.15) is 0 Å². The number of amides is 1. The molecule has 0 saturated carbocycles. The molecule has 1 heterocycles. The summed E-state index contributed by atoms with van der Waals surface area (Å²) in [6, 6.07) is 4.61. The van der Waals surface area contributed by atoms with Gasteiger partial charge in [0, 0.05) is 19.1 Å². The molecule has 1 aliphatic heterocycles. The normalized spacial score (nSPS) is 16.3. The Bertz CT molecular complexity index is 434. The van der Waals surface area contributed by atoms with Crippen molar-refractivity contribution in [3.05, 3.63) is 34.6 Å². The van der Waals surface area contributed by atoms with Crippen LogP contribution in [-0.4, -0.2) is 29.9 Å². The molecule has 1 fully saturated rings. The van der Waals surface area contributed by atoms with Gasteiger partial charge < -0.3 is 10.6 Å². The summed E-state index contributed by atoms with van der Waals surface area (Å²) < 4.78 is 13.7. The Morgan fingerprint density at radius 2 is 2.00 bits per heavy atom. The second kappa shape index (κ2) is 6.36. The van der Waals surface area contributed by atoms with Gasteiger partial charge in [-0.3, -0.25) is 4.79 Å². The van der Waals surface area contributed by atoms with E-state index in [1.54, 1.807) is 11.0 Å². The molecule has 100 valence electrons. The highest BCUT2D eigenvalue weighted by molar-refractivity contribution is 6.31. The van der Waals surface area contributed by atoms with Crippen molar-refractivity contribution >= 4 is 29.9 Å². The first-order valence-electron chi connectivity index (χ1n) is 5.58. The fraction of sp³-hybridized carbons (Fsp3) is 0.417. The van der Waals surface area contributed by atoms with Crippen LogP contribution in [0.1, 0.15) is 23.2 Å². The monoisotopic (exact) mass is 292 g/mol. The van der Waals surface area contributed by atoms with Gasteiger partial charge >= 0.3 is 0 Å². The van der Waals surface area contributed by atoms with Crippen molar-refractivity contribution in [3.8, 4) is 0 Å². The molecular weight excluding hydrogens is 278 g/mol. The Balaban J connectivity index is 0.00000162. The average Bonchev–Trinajstić information content (AvgIpc) is 2.33. The van der Waals surface area contributed by atoms with E-state index >= 15 is 0 Å². The van der Waals surface area contributed by atoms with Crippen molar-refractivity contribution in [2.45, 2.75) is 18.9 Å². The van der Waals surface area contributed by atoms with Crippen LogP contribution >= 0.6 is 24.0 Å². The lowest BCUT2D eigenvalue weighted by molar-refractivity contribution is 0.0710. The molecule has 1 aromatic carbocycles. The molecule has 1 saturated heterocycles. The van der Waals surface area contributed by atoms with E-state index < -0.39 is 5.82 Å². The summed E-state index contributed by atoms with van der Waals surface area (Å²) in [7, 11) is 0. The van der Waals surface area contributed by atoms with Crippen LogP contribution in [0.25, 0.3) is 0 Å². The molecule has 1 amide bonds. The number of hydrogen-bond acceptors (Lipinski definition) is 2. The number of carbonyl (C=O) groups is 1. The molecule has 0 atom stereocenters. The zero-order chi connectivity index (χ0) is 12.4. The quantitative estimate of drug-likeness (QED) is 0.864. The molecule has 0 aliphatic carbocycles. The average molecular weight is 293 g/mol. The number of likely N-dealkylation sites (tertiary alicyclic amines) is 1. The van der Waals surface area contributed by atoms with E-state index in [2.05, 4.69) is 0 Å². The van der Waals surface area contributed by atoms with Crippen molar-refractivity contribution < 1.29 is 9.18 Å². The highest BCUT2D eigenvalue weighted by atomic mass is 35.5. The third-order valence-electron chi connectivity index (χ3n) is 3.01. The number of nitrogens with zero attached hydrogens (tertiary/aromatic N) is 1. The molecule has 1 aliphatic rings. The predicted octanol–water partition coefficient (Wildman–Crippen LogP) is 2.46. The maximum atomic E-state index is 13.7. The van der Waals surface area contributed by atoms with Crippen molar-refractivity contribution in [3.63, 3.8) is 0 Å². The maximum absolute atomic E-state index is 13.7. The summed E-state index contributed by atoms with van der Waals surface area (Å²) in [6.45, 7) is 1.15. The van der Waals surface area contributed by atoms with Gasteiger partial charge in [-0.1, -0.05) is 17.7 Å². The first-order chi connectivity index (χ1) is 8.09. The number of hydrogen-bond donors (Lipinski definition) is 1. The van der Waals surface area contributed by atoms with Crippen LogP contribution in [0.2, 0.25) is 5.02 Å². The lowest BCUT2D eigenvalue weighted by Crippen LogP contribution is -2.43. The summed E-state index contributed by atoms with van der Waals surface area (Å²) in [5.74, 6) is -0.953. The highest BCUT2D eigenvalue weighted by Crippen LogP contribution is 2.20. The minimum Gasteiger partial charge on any atom is -0.338 e. The Morgan fingerprint density at radius 3 is 2.61 bits per heavy atom. The van der Waals surface area contributed by atoms with Crippen molar-refractivity contribution in [2.24, 2.45) is 5.73 Å². The van der Waals surface area contributed by atoms with Crippen LogP contribution in [-0.2, 0) is 0 Å². The Kier molecular flexibility index (Phi) is 5.38. The molecule has 0 unspecified atom stereocenters. The number of rotatable bonds is 1. The summed E-state index contributed by atoms with van der Waals surface area (Å²) in [5.41, 5.74) is 5.79. The third kappa shape index (κ3) is 3.13. The van der Waals surface area contributed by atoms with Gasteiger partial charge in [0.05, 0.1) is 10.6 Å². The van der Waals surface area contributed by atoms with E-state index in [1.165, 1.54) is 12.1 Å². The summed E-state index contributed by atoms with van der Waals surface area (Å²) in [4.78, 5) is 13.7. The molecule has 0 radical (unpaired) electrons. The van der Waals surface area contributed by atoms with E-state index in [0.29, 0.717) is 13.1 Å². The Morgan fingerprint density at radius 1 is 1.39 bits per heavy atom. The fourth-order valence-corrected chi connectivity index (χ4v) is 2.12. The molecular formula is C12H15Cl2FN2O.